The van der Waals surface area contributed by atoms with Gasteiger partial charge < -0.3 is 9.30 Å². The molecule has 1 heterocycles. The van der Waals surface area contributed by atoms with E-state index in [0.717, 1.165) is 10.2 Å². The number of thiazole rings is 1. The summed E-state index contributed by atoms with van der Waals surface area (Å²) < 4.78 is 8.66. The molecule has 0 saturated heterocycles. The molecule has 1 aromatic heterocycles. The minimum Gasteiger partial charge on any atom is -0.493 e. The number of benzene rings is 2. The maximum Gasteiger partial charge on any atom is 0.283 e. The number of allylic oxidation sites excluding steroid dienone is 1. The maximum atomic E-state index is 12.7. The summed E-state index contributed by atoms with van der Waals surface area (Å²) in [5.74, 6) is 0.260. The van der Waals surface area contributed by atoms with Crippen LogP contribution in [0.4, 0.5) is 0 Å². The standard InChI is InChI=1S/C20H20N2O2S/c1-4-12-22-16-11-10-14(3)13-18(16)25-20(22)21-19(23)15-8-6-7-9-17(15)24-5-2/h4,6-11,13H,1,5,12H2,2-3H3. The van der Waals surface area contributed by atoms with E-state index in [0.29, 0.717) is 29.3 Å². The van der Waals surface area contributed by atoms with Gasteiger partial charge in [0.1, 0.15) is 5.75 Å². The van der Waals surface area contributed by atoms with Crippen molar-refractivity contribution in [2.45, 2.75) is 20.4 Å². The zero-order valence-corrected chi connectivity index (χ0v) is 15.2. The molecule has 0 aliphatic heterocycles. The summed E-state index contributed by atoms with van der Waals surface area (Å²) in [6, 6.07) is 13.4. The second kappa shape index (κ2) is 7.49. The molecule has 0 spiro atoms. The monoisotopic (exact) mass is 352 g/mol. The molecule has 3 aromatic rings. The van der Waals surface area contributed by atoms with Crippen LogP contribution in [-0.2, 0) is 6.54 Å². The fourth-order valence-electron chi connectivity index (χ4n) is 2.64. The smallest absolute Gasteiger partial charge is 0.283 e. The topological polar surface area (TPSA) is 43.6 Å². The quantitative estimate of drug-likeness (QED) is 0.641. The Morgan fingerprint density at radius 2 is 2.12 bits per heavy atom. The molecular weight excluding hydrogens is 332 g/mol. The summed E-state index contributed by atoms with van der Waals surface area (Å²) in [5.41, 5.74) is 2.71. The van der Waals surface area contributed by atoms with Gasteiger partial charge in [-0.05, 0) is 43.7 Å². The van der Waals surface area contributed by atoms with E-state index in [2.05, 4.69) is 36.7 Å². The number of aromatic nitrogens is 1. The minimum atomic E-state index is -0.301. The Kier molecular flexibility index (Phi) is 5.14. The summed E-state index contributed by atoms with van der Waals surface area (Å²) in [6.45, 7) is 8.86. The lowest BCUT2D eigenvalue weighted by Crippen LogP contribution is -2.16. The molecule has 0 unspecified atom stereocenters. The SMILES string of the molecule is C=CCn1c(=NC(=O)c2ccccc2OCC)sc2cc(C)ccc21. The Labute approximate surface area is 150 Å². The first-order valence-electron chi connectivity index (χ1n) is 8.15. The van der Waals surface area contributed by atoms with Crippen molar-refractivity contribution in [2.75, 3.05) is 6.61 Å². The predicted molar refractivity (Wildman–Crippen MR) is 102 cm³/mol. The summed E-state index contributed by atoms with van der Waals surface area (Å²) in [5, 5.41) is 0. The number of aryl methyl sites for hydroxylation is 1. The van der Waals surface area contributed by atoms with Crippen molar-refractivity contribution in [1.82, 2.24) is 4.57 Å². The molecule has 0 aliphatic rings. The molecule has 0 bridgehead atoms. The third-order valence-electron chi connectivity index (χ3n) is 3.76. The lowest BCUT2D eigenvalue weighted by Gasteiger charge is -2.06. The Morgan fingerprint density at radius 1 is 1.32 bits per heavy atom. The molecule has 0 radical (unpaired) electrons. The third kappa shape index (κ3) is 3.56. The molecule has 0 saturated carbocycles. The minimum absolute atomic E-state index is 0.301. The van der Waals surface area contributed by atoms with Gasteiger partial charge >= 0.3 is 0 Å². The molecule has 0 fully saturated rings. The number of rotatable bonds is 5. The van der Waals surface area contributed by atoms with E-state index < -0.39 is 0 Å². The van der Waals surface area contributed by atoms with Crippen LogP contribution in [0.25, 0.3) is 10.2 Å². The van der Waals surface area contributed by atoms with Crippen LogP contribution < -0.4 is 9.54 Å². The molecule has 0 N–H and O–H groups in total. The summed E-state index contributed by atoms with van der Waals surface area (Å²) in [7, 11) is 0. The number of ether oxygens (including phenoxy) is 1. The highest BCUT2D eigenvalue weighted by molar-refractivity contribution is 7.16. The van der Waals surface area contributed by atoms with Crippen molar-refractivity contribution < 1.29 is 9.53 Å². The highest BCUT2D eigenvalue weighted by atomic mass is 32.1. The lowest BCUT2D eigenvalue weighted by molar-refractivity contribution is 0.0994. The van der Waals surface area contributed by atoms with Gasteiger partial charge in [-0.15, -0.1) is 6.58 Å². The van der Waals surface area contributed by atoms with Crippen LogP contribution in [0.5, 0.6) is 5.75 Å². The molecule has 0 atom stereocenters. The Morgan fingerprint density at radius 3 is 2.88 bits per heavy atom. The van der Waals surface area contributed by atoms with E-state index >= 15 is 0 Å². The number of nitrogens with zero attached hydrogens (tertiary/aromatic N) is 2. The molecule has 3 rings (SSSR count). The van der Waals surface area contributed by atoms with Crippen LogP contribution in [0, 0.1) is 6.92 Å². The van der Waals surface area contributed by atoms with Gasteiger partial charge in [0.15, 0.2) is 4.80 Å². The van der Waals surface area contributed by atoms with Crippen LogP contribution in [0.15, 0.2) is 60.1 Å². The van der Waals surface area contributed by atoms with Crippen LogP contribution in [0.3, 0.4) is 0 Å². The Bertz CT molecular complexity index is 998. The van der Waals surface area contributed by atoms with Gasteiger partial charge in [-0.2, -0.15) is 4.99 Å². The second-order valence-corrected chi connectivity index (χ2v) is 6.61. The van der Waals surface area contributed by atoms with Gasteiger partial charge in [0.2, 0.25) is 0 Å². The van der Waals surface area contributed by atoms with E-state index in [9.17, 15) is 4.79 Å². The van der Waals surface area contributed by atoms with Crippen LogP contribution in [0.2, 0.25) is 0 Å². The van der Waals surface area contributed by atoms with Crippen molar-refractivity contribution in [2.24, 2.45) is 4.99 Å². The molecule has 1 amide bonds. The summed E-state index contributed by atoms with van der Waals surface area (Å²) in [6.07, 6.45) is 1.81. The van der Waals surface area contributed by atoms with Gasteiger partial charge in [-0.3, -0.25) is 4.79 Å². The molecule has 0 aliphatic carbocycles. The van der Waals surface area contributed by atoms with Crippen molar-refractivity contribution >= 4 is 27.5 Å². The first-order chi connectivity index (χ1) is 12.1. The summed E-state index contributed by atoms with van der Waals surface area (Å²) >= 11 is 1.51. The number of carbonyl (C=O) groups excluding carboxylic acids is 1. The van der Waals surface area contributed by atoms with Crippen molar-refractivity contribution in [3.05, 3.63) is 71.0 Å². The first kappa shape index (κ1) is 17.2. The van der Waals surface area contributed by atoms with Crippen molar-refractivity contribution in [1.29, 1.82) is 0 Å². The fourth-order valence-corrected chi connectivity index (χ4v) is 3.78. The summed E-state index contributed by atoms with van der Waals surface area (Å²) in [4.78, 5) is 17.8. The number of carbonyl (C=O) groups is 1. The van der Waals surface area contributed by atoms with E-state index in [1.807, 2.05) is 29.7 Å². The molecular formula is C20H20N2O2S. The van der Waals surface area contributed by atoms with Gasteiger partial charge in [0, 0.05) is 6.54 Å². The zero-order valence-electron chi connectivity index (χ0n) is 14.4. The predicted octanol–water partition coefficient (Wildman–Crippen LogP) is 4.34. The number of amides is 1. The van der Waals surface area contributed by atoms with Crippen LogP contribution in [0.1, 0.15) is 22.8 Å². The van der Waals surface area contributed by atoms with Crippen molar-refractivity contribution in [3.63, 3.8) is 0 Å². The van der Waals surface area contributed by atoms with E-state index in [-0.39, 0.29) is 5.91 Å². The highest BCUT2D eigenvalue weighted by Crippen LogP contribution is 2.21. The second-order valence-electron chi connectivity index (χ2n) is 5.60. The number of fused-ring (bicyclic) bond motifs is 1. The average Bonchev–Trinajstić information content (AvgIpc) is 2.92. The van der Waals surface area contributed by atoms with Crippen LogP contribution in [-0.4, -0.2) is 17.1 Å². The number of para-hydroxylation sites is 1. The van der Waals surface area contributed by atoms with E-state index in [1.165, 1.54) is 16.9 Å². The third-order valence-corrected chi connectivity index (χ3v) is 4.81. The van der Waals surface area contributed by atoms with Gasteiger partial charge in [0.05, 0.1) is 22.4 Å². The molecule has 25 heavy (non-hydrogen) atoms. The normalized spacial score (nSPS) is 11.7. The fraction of sp³-hybridized carbons (Fsp3) is 0.200. The number of hydrogen-bond donors (Lipinski definition) is 0. The number of hydrogen-bond acceptors (Lipinski definition) is 3. The van der Waals surface area contributed by atoms with Gasteiger partial charge in [0.25, 0.3) is 5.91 Å². The van der Waals surface area contributed by atoms with Gasteiger partial charge in [-0.25, -0.2) is 0 Å². The van der Waals surface area contributed by atoms with Gasteiger partial charge in [-0.1, -0.05) is 35.6 Å². The molecule has 5 heteroatoms. The Balaban J connectivity index is 2.13. The first-order valence-corrected chi connectivity index (χ1v) is 8.97. The average molecular weight is 352 g/mol. The van der Waals surface area contributed by atoms with E-state index in [4.69, 9.17) is 4.74 Å². The lowest BCUT2D eigenvalue weighted by atomic mass is 10.2. The molecule has 4 nitrogen and oxygen atoms in total. The maximum absolute atomic E-state index is 12.7. The Hall–Kier alpha value is -2.66. The largest absolute Gasteiger partial charge is 0.493 e. The van der Waals surface area contributed by atoms with Crippen LogP contribution >= 0.6 is 11.3 Å². The highest BCUT2D eigenvalue weighted by Gasteiger charge is 2.13. The molecule has 2 aromatic carbocycles. The van der Waals surface area contributed by atoms with E-state index in [1.54, 1.807) is 12.1 Å². The molecule has 128 valence electrons. The van der Waals surface area contributed by atoms with Crippen molar-refractivity contribution in [3.8, 4) is 5.75 Å². The zero-order chi connectivity index (χ0) is 17.8.